The highest BCUT2D eigenvalue weighted by atomic mass is 32.2. The number of thioether (sulfide) groups is 1. The second-order valence-corrected chi connectivity index (χ2v) is 7.40. The Balaban J connectivity index is 1.54. The lowest BCUT2D eigenvalue weighted by molar-refractivity contribution is 0.0760. The Morgan fingerprint density at radius 1 is 0.963 bits per heavy atom. The van der Waals surface area contributed by atoms with Gasteiger partial charge >= 0.3 is 0 Å². The summed E-state index contributed by atoms with van der Waals surface area (Å²) in [5.74, 6) is 1.66. The van der Waals surface area contributed by atoms with Crippen LogP contribution in [-0.4, -0.2) is 23.1 Å². The monoisotopic (exact) mass is 379 g/mol. The number of hydrogen-bond acceptors (Lipinski definition) is 3. The average Bonchev–Trinajstić information content (AvgIpc) is 3.20. The molecule has 136 valence electrons. The van der Waals surface area contributed by atoms with Gasteiger partial charge in [0.25, 0.3) is 5.91 Å². The second kappa shape index (κ2) is 7.84. The van der Waals surface area contributed by atoms with E-state index in [1.165, 1.54) is 12.1 Å². The number of ether oxygens (including phenoxy) is 1. The van der Waals surface area contributed by atoms with E-state index in [4.69, 9.17) is 4.74 Å². The number of nitrogens with zero attached hydrogens (tertiary/aromatic N) is 1. The molecule has 0 spiro atoms. The highest BCUT2D eigenvalue weighted by Gasteiger charge is 2.31. The summed E-state index contributed by atoms with van der Waals surface area (Å²) < 4.78 is 18.8. The molecule has 4 rings (SSSR count). The van der Waals surface area contributed by atoms with Crippen molar-refractivity contribution in [1.82, 2.24) is 4.90 Å². The van der Waals surface area contributed by atoms with Crippen molar-refractivity contribution in [1.29, 1.82) is 0 Å². The van der Waals surface area contributed by atoms with Gasteiger partial charge in [-0.1, -0.05) is 36.4 Å². The fourth-order valence-corrected chi connectivity index (χ4v) is 4.32. The van der Waals surface area contributed by atoms with Crippen LogP contribution < -0.4 is 4.74 Å². The first kappa shape index (κ1) is 17.6. The van der Waals surface area contributed by atoms with Crippen LogP contribution in [0.4, 0.5) is 4.39 Å². The zero-order valence-corrected chi connectivity index (χ0v) is 15.4. The van der Waals surface area contributed by atoms with Crippen LogP contribution in [0.25, 0.3) is 0 Å². The molecule has 1 heterocycles. The van der Waals surface area contributed by atoms with Gasteiger partial charge in [-0.25, -0.2) is 4.39 Å². The lowest BCUT2D eigenvalue weighted by Gasteiger charge is -2.24. The molecule has 0 bridgehead atoms. The van der Waals surface area contributed by atoms with Crippen molar-refractivity contribution < 1.29 is 13.9 Å². The Kier molecular flexibility index (Phi) is 5.12. The Hall–Kier alpha value is -2.79. The van der Waals surface area contributed by atoms with Crippen molar-refractivity contribution in [3.05, 3.63) is 95.8 Å². The smallest absolute Gasteiger partial charge is 0.255 e. The number of benzene rings is 3. The van der Waals surface area contributed by atoms with E-state index in [1.54, 1.807) is 48.2 Å². The molecular formula is C22H18FNO2S. The Morgan fingerprint density at radius 3 is 2.52 bits per heavy atom. The largest absolute Gasteiger partial charge is 0.457 e. The quantitative estimate of drug-likeness (QED) is 0.599. The summed E-state index contributed by atoms with van der Waals surface area (Å²) in [5, 5.41) is 0.0281. The molecule has 27 heavy (non-hydrogen) atoms. The van der Waals surface area contributed by atoms with Crippen LogP contribution in [0.2, 0.25) is 0 Å². The molecule has 5 heteroatoms. The van der Waals surface area contributed by atoms with Crippen LogP contribution >= 0.6 is 11.8 Å². The number of amides is 1. The van der Waals surface area contributed by atoms with Gasteiger partial charge < -0.3 is 9.64 Å². The molecule has 0 saturated carbocycles. The van der Waals surface area contributed by atoms with Gasteiger partial charge in [0.15, 0.2) is 0 Å². The molecular weight excluding hydrogens is 361 g/mol. The van der Waals surface area contributed by atoms with Gasteiger partial charge in [-0.05, 0) is 48.0 Å². The van der Waals surface area contributed by atoms with Crippen molar-refractivity contribution in [2.75, 3.05) is 12.3 Å². The Bertz CT molecular complexity index is 931. The summed E-state index contributed by atoms with van der Waals surface area (Å²) in [7, 11) is 0. The third-order valence-corrected chi connectivity index (χ3v) is 5.63. The van der Waals surface area contributed by atoms with Crippen LogP contribution in [0.1, 0.15) is 21.3 Å². The first-order valence-corrected chi connectivity index (χ1v) is 9.76. The number of carbonyl (C=O) groups excluding carboxylic acids is 1. The number of halogens is 1. The summed E-state index contributed by atoms with van der Waals surface area (Å²) in [6.45, 7) is 0.714. The molecule has 0 aliphatic carbocycles. The molecule has 1 fully saturated rings. The first-order chi connectivity index (χ1) is 13.2. The molecule has 1 aliphatic heterocycles. The van der Waals surface area contributed by atoms with Crippen molar-refractivity contribution in [2.24, 2.45) is 0 Å². The fraction of sp³-hybridized carbons (Fsp3) is 0.136. The van der Waals surface area contributed by atoms with Gasteiger partial charge in [0.05, 0.1) is 0 Å². The minimum absolute atomic E-state index is 0.0154. The van der Waals surface area contributed by atoms with Gasteiger partial charge in [0, 0.05) is 17.9 Å². The molecule has 0 aromatic heterocycles. The third-order valence-electron chi connectivity index (χ3n) is 4.37. The third kappa shape index (κ3) is 3.98. The van der Waals surface area contributed by atoms with E-state index in [0.29, 0.717) is 23.6 Å². The predicted octanol–water partition coefficient (Wildman–Crippen LogP) is 5.51. The fourth-order valence-electron chi connectivity index (χ4n) is 3.07. The zero-order valence-electron chi connectivity index (χ0n) is 14.5. The van der Waals surface area contributed by atoms with Gasteiger partial charge in [0.1, 0.15) is 22.7 Å². The highest BCUT2D eigenvalue weighted by Crippen LogP contribution is 2.38. The van der Waals surface area contributed by atoms with E-state index < -0.39 is 0 Å². The zero-order chi connectivity index (χ0) is 18.6. The standard InChI is InChI=1S/C22H18FNO2S/c23-18-9-11-19(12-10-18)26-20-8-4-7-17(15-20)21(25)24-13-14-27-22(24)16-5-2-1-3-6-16/h1-12,15,22H,13-14H2. The summed E-state index contributed by atoms with van der Waals surface area (Å²) >= 11 is 1.77. The lowest BCUT2D eigenvalue weighted by atomic mass is 10.1. The maximum atomic E-state index is 13.1. The topological polar surface area (TPSA) is 29.5 Å². The first-order valence-electron chi connectivity index (χ1n) is 8.72. The molecule has 3 aromatic rings. The van der Waals surface area contributed by atoms with Gasteiger partial charge in [-0.15, -0.1) is 11.8 Å². The minimum Gasteiger partial charge on any atom is -0.457 e. The van der Waals surface area contributed by atoms with E-state index in [0.717, 1.165) is 11.3 Å². The second-order valence-electron chi connectivity index (χ2n) is 6.22. The predicted molar refractivity (Wildman–Crippen MR) is 106 cm³/mol. The van der Waals surface area contributed by atoms with Crippen molar-refractivity contribution in [3.8, 4) is 11.5 Å². The van der Waals surface area contributed by atoms with Crippen LogP contribution in [0, 0.1) is 5.82 Å². The molecule has 1 aliphatic rings. The molecule has 1 unspecified atom stereocenters. The van der Waals surface area contributed by atoms with Gasteiger partial charge in [-0.2, -0.15) is 0 Å². The summed E-state index contributed by atoms with van der Waals surface area (Å²) in [4.78, 5) is 15.0. The van der Waals surface area contributed by atoms with Crippen LogP contribution in [0.5, 0.6) is 11.5 Å². The summed E-state index contributed by atoms with van der Waals surface area (Å²) in [6.07, 6.45) is 0. The van der Waals surface area contributed by atoms with Crippen LogP contribution in [0.3, 0.4) is 0 Å². The maximum absolute atomic E-state index is 13.1. The number of carbonyl (C=O) groups is 1. The van der Waals surface area contributed by atoms with E-state index in [9.17, 15) is 9.18 Å². The van der Waals surface area contributed by atoms with Crippen LogP contribution in [0.15, 0.2) is 78.9 Å². The van der Waals surface area contributed by atoms with E-state index in [2.05, 4.69) is 12.1 Å². The van der Waals surface area contributed by atoms with E-state index in [1.807, 2.05) is 23.1 Å². The van der Waals surface area contributed by atoms with E-state index in [-0.39, 0.29) is 17.1 Å². The van der Waals surface area contributed by atoms with E-state index >= 15 is 0 Å². The summed E-state index contributed by atoms with van der Waals surface area (Å²) in [5.41, 5.74) is 1.71. The molecule has 3 aromatic carbocycles. The molecule has 1 amide bonds. The molecule has 3 nitrogen and oxygen atoms in total. The van der Waals surface area contributed by atoms with Crippen molar-refractivity contribution in [3.63, 3.8) is 0 Å². The average molecular weight is 379 g/mol. The van der Waals surface area contributed by atoms with Crippen molar-refractivity contribution in [2.45, 2.75) is 5.37 Å². The maximum Gasteiger partial charge on any atom is 0.255 e. The highest BCUT2D eigenvalue weighted by molar-refractivity contribution is 7.99. The van der Waals surface area contributed by atoms with Gasteiger partial charge in [-0.3, -0.25) is 4.79 Å². The molecule has 0 N–H and O–H groups in total. The summed E-state index contributed by atoms with van der Waals surface area (Å²) in [6, 6.07) is 23.0. The number of hydrogen-bond donors (Lipinski definition) is 0. The molecule has 1 saturated heterocycles. The normalized spacial score (nSPS) is 16.3. The molecule has 0 radical (unpaired) electrons. The SMILES string of the molecule is O=C(c1cccc(Oc2ccc(F)cc2)c1)N1CCSC1c1ccccc1. The molecule has 1 atom stereocenters. The van der Waals surface area contributed by atoms with Gasteiger partial charge in [0.2, 0.25) is 0 Å². The Morgan fingerprint density at radius 2 is 1.74 bits per heavy atom. The van der Waals surface area contributed by atoms with Crippen molar-refractivity contribution >= 4 is 17.7 Å². The number of rotatable bonds is 4. The van der Waals surface area contributed by atoms with Crippen LogP contribution in [-0.2, 0) is 0 Å². The Labute approximate surface area is 161 Å². The minimum atomic E-state index is -0.315. The lowest BCUT2D eigenvalue weighted by Crippen LogP contribution is -2.30.